The van der Waals surface area contributed by atoms with Crippen LogP contribution < -0.4 is 10.7 Å². The van der Waals surface area contributed by atoms with Crippen LogP contribution in [-0.4, -0.2) is 35.5 Å². The first-order chi connectivity index (χ1) is 21.2. The van der Waals surface area contributed by atoms with Crippen LogP contribution in [0.5, 0.6) is 0 Å². The predicted octanol–water partition coefficient (Wildman–Crippen LogP) is 4.94. The molecule has 1 spiro atoms. The highest BCUT2D eigenvalue weighted by Gasteiger charge is 2.76. The van der Waals surface area contributed by atoms with Gasteiger partial charge in [0, 0.05) is 23.8 Å². The van der Waals surface area contributed by atoms with Crippen LogP contribution in [-0.2, 0) is 10.7 Å². The van der Waals surface area contributed by atoms with E-state index in [2.05, 4.69) is 139 Å². The van der Waals surface area contributed by atoms with Gasteiger partial charge < -0.3 is 0 Å². The first kappa shape index (κ1) is 24.4. The summed E-state index contributed by atoms with van der Waals surface area (Å²) >= 11 is 0. The molecular weight excluding hydrogens is 540 g/mol. The Kier molecular flexibility index (Phi) is 4.08. The molecule has 6 aliphatic heterocycles. The van der Waals surface area contributed by atoms with Crippen molar-refractivity contribution in [3.8, 4) is 0 Å². The summed E-state index contributed by atoms with van der Waals surface area (Å²) in [5, 5.41) is 2.31. The minimum Gasteiger partial charge on any atom is -0.286 e. The lowest BCUT2D eigenvalue weighted by atomic mass is 9.82. The van der Waals surface area contributed by atoms with Gasteiger partial charge in [0.2, 0.25) is 22.9 Å². The maximum absolute atomic E-state index is 14.8. The molecule has 0 fully saturated rings. The Morgan fingerprint density at radius 2 is 1.45 bits per heavy atom. The molecule has 0 aliphatic carbocycles. The summed E-state index contributed by atoms with van der Waals surface area (Å²) in [7, 11) is 0. The highest BCUT2D eigenvalue weighted by Crippen LogP contribution is 2.54. The fourth-order valence-corrected chi connectivity index (χ4v) is 9.13. The minimum absolute atomic E-state index is 0.166. The number of aryl methyl sites for hydroxylation is 3. The zero-order chi connectivity index (χ0) is 30.0. The van der Waals surface area contributed by atoms with Gasteiger partial charge in [-0.05, 0) is 88.1 Å². The molecule has 10 rings (SSSR count). The SMILES string of the molecule is CC1=c2ccc3n2[C@]24n5c(ccc5C(c5c(C)cc(C)cc5C)=C5C=CC1=[N+]52)C(c1ccccc1)=C1C(=O)C(C)(C)C(=[N+]14)C=3. The van der Waals surface area contributed by atoms with Gasteiger partial charge in [-0.1, -0.05) is 57.2 Å². The van der Waals surface area contributed by atoms with Crippen LogP contribution in [0.3, 0.4) is 0 Å². The molecule has 0 radical (unpaired) electrons. The van der Waals surface area contributed by atoms with Crippen LogP contribution in [0.2, 0.25) is 0 Å². The van der Waals surface area contributed by atoms with Gasteiger partial charge in [0.05, 0.1) is 33.2 Å². The van der Waals surface area contributed by atoms with Gasteiger partial charge in [-0.3, -0.25) is 4.79 Å². The van der Waals surface area contributed by atoms with Crippen molar-refractivity contribution in [2.45, 2.75) is 47.5 Å². The monoisotopic (exact) mass is 572 g/mol. The number of hydrogen-bond donors (Lipinski definition) is 0. The first-order valence-corrected chi connectivity index (χ1v) is 15.5. The summed E-state index contributed by atoms with van der Waals surface area (Å²) in [4.78, 5) is 14.8. The van der Waals surface area contributed by atoms with Gasteiger partial charge in [-0.25, -0.2) is 0 Å². The third-order valence-corrected chi connectivity index (χ3v) is 10.8. The van der Waals surface area contributed by atoms with Crippen molar-refractivity contribution >= 4 is 40.0 Å². The van der Waals surface area contributed by atoms with E-state index in [1.165, 1.54) is 55.9 Å². The van der Waals surface area contributed by atoms with Crippen LogP contribution in [0.4, 0.5) is 0 Å². The Bertz CT molecular complexity index is 2430. The van der Waals surface area contributed by atoms with Crippen molar-refractivity contribution in [3.63, 3.8) is 0 Å². The van der Waals surface area contributed by atoms with Crippen molar-refractivity contribution in [3.05, 3.63) is 140 Å². The number of rotatable bonds is 2. The Balaban J connectivity index is 1.49. The van der Waals surface area contributed by atoms with Crippen molar-refractivity contribution in [2.24, 2.45) is 5.41 Å². The molecule has 0 saturated heterocycles. The number of aromatic nitrogens is 2. The molecule has 0 saturated carbocycles. The zero-order valence-corrected chi connectivity index (χ0v) is 25.8. The fraction of sp³-hybridized carbons (Fsp3) is 0.205. The summed E-state index contributed by atoms with van der Waals surface area (Å²) in [6.45, 7) is 13.1. The highest BCUT2D eigenvalue weighted by atomic mass is 16.1. The molecule has 212 valence electrons. The van der Waals surface area contributed by atoms with E-state index < -0.39 is 11.3 Å². The van der Waals surface area contributed by atoms with Gasteiger partial charge in [0.25, 0.3) is 5.70 Å². The van der Waals surface area contributed by atoms with E-state index in [1.807, 2.05) is 6.07 Å². The Morgan fingerprint density at radius 1 is 0.750 bits per heavy atom. The normalized spacial score (nSPS) is 22.8. The minimum atomic E-state index is -0.840. The molecular formula is C39H32N4O+2. The van der Waals surface area contributed by atoms with Gasteiger partial charge in [-0.15, -0.1) is 0 Å². The van der Waals surface area contributed by atoms with E-state index in [0.29, 0.717) is 0 Å². The van der Waals surface area contributed by atoms with Crippen LogP contribution in [0.25, 0.3) is 22.8 Å². The van der Waals surface area contributed by atoms with Crippen molar-refractivity contribution in [1.82, 2.24) is 9.13 Å². The van der Waals surface area contributed by atoms with E-state index in [4.69, 9.17) is 0 Å². The predicted molar refractivity (Wildman–Crippen MR) is 173 cm³/mol. The van der Waals surface area contributed by atoms with Gasteiger partial charge in [0.15, 0.2) is 0 Å². The van der Waals surface area contributed by atoms with Crippen molar-refractivity contribution < 1.29 is 13.9 Å². The number of carbonyl (C=O) groups is 1. The molecule has 0 unspecified atom stereocenters. The zero-order valence-electron chi connectivity index (χ0n) is 25.8. The average Bonchev–Trinajstić information content (AvgIpc) is 3.77. The highest BCUT2D eigenvalue weighted by molar-refractivity contribution is 6.29. The standard InChI is InChI=1S/C39H32N4O/c1-21-18-22(2)33(23(3)19-21)35-30-15-14-28-24(4)27-13-12-26-20-32-38(5,6)37(44)36-34(25-10-8-7-9-11-25)29-16-17-31(35)42(29)39(40(26)27,41(28)30)43(32)36/h7-20H,1-6H3/q+2/t39-/m1/s1. The Labute approximate surface area is 255 Å². The number of carbonyl (C=O) groups excluding carboxylic acids is 1. The van der Waals surface area contributed by atoms with Crippen molar-refractivity contribution in [1.29, 1.82) is 0 Å². The lowest BCUT2D eigenvalue weighted by Crippen LogP contribution is -2.70. The Hall–Kier alpha value is -5.03. The lowest BCUT2D eigenvalue weighted by Gasteiger charge is -2.40. The Morgan fingerprint density at radius 3 is 2.18 bits per heavy atom. The number of nitrogens with zero attached hydrogens (tertiary/aromatic N) is 4. The first-order valence-electron chi connectivity index (χ1n) is 15.5. The summed E-state index contributed by atoms with van der Waals surface area (Å²) in [6.07, 6.45) is 6.85. The number of allylic oxidation sites excluding steroid dienone is 3. The smallest absolute Gasteiger partial charge is 0.286 e. The number of ketones is 1. The second-order valence-electron chi connectivity index (χ2n) is 13.6. The average molecular weight is 573 g/mol. The molecule has 0 N–H and O–H groups in total. The van der Waals surface area contributed by atoms with Gasteiger partial charge in [0.1, 0.15) is 5.41 Å². The number of Topliss-reactive ketones (excluding diaryl/α,β-unsaturated/α-hetero) is 1. The lowest BCUT2D eigenvalue weighted by molar-refractivity contribution is -0.833. The summed E-state index contributed by atoms with van der Waals surface area (Å²) < 4.78 is 9.96. The topological polar surface area (TPSA) is 32.9 Å². The van der Waals surface area contributed by atoms with Crippen LogP contribution in [0, 0.1) is 26.2 Å². The van der Waals surface area contributed by atoms with Crippen LogP contribution in [0.15, 0.2) is 90.3 Å². The molecule has 1 atom stereocenters. The number of hydrogen-bond acceptors (Lipinski definition) is 1. The largest absolute Gasteiger partial charge is 0.553 e. The summed E-state index contributed by atoms with van der Waals surface area (Å²) in [6, 6.07) is 24.1. The molecule has 5 nitrogen and oxygen atoms in total. The molecule has 0 amide bonds. The molecule has 6 aliphatic rings. The third-order valence-electron chi connectivity index (χ3n) is 10.8. The van der Waals surface area contributed by atoms with Crippen LogP contribution >= 0.6 is 0 Å². The molecule has 8 heterocycles. The van der Waals surface area contributed by atoms with Gasteiger partial charge >= 0.3 is 5.91 Å². The van der Waals surface area contributed by atoms with Crippen LogP contribution in [0.1, 0.15) is 60.0 Å². The third kappa shape index (κ3) is 2.37. The van der Waals surface area contributed by atoms with Gasteiger partial charge in [-0.2, -0.15) is 9.13 Å². The quantitative estimate of drug-likeness (QED) is 0.313. The molecule has 2 aromatic heterocycles. The molecule has 44 heavy (non-hydrogen) atoms. The fourth-order valence-electron chi connectivity index (χ4n) is 9.13. The van der Waals surface area contributed by atoms with E-state index in [9.17, 15) is 4.79 Å². The number of benzene rings is 2. The summed E-state index contributed by atoms with van der Waals surface area (Å²) in [5.41, 5.74) is 15.4. The van der Waals surface area contributed by atoms with Crippen molar-refractivity contribution in [2.75, 3.05) is 0 Å². The second-order valence-corrected chi connectivity index (χ2v) is 13.6. The maximum atomic E-state index is 14.8. The van der Waals surface area contributed by atoms with E-state index in [1.54, 1.807) is 0 Å². The second kappa shape index (κ2) is 7.36. The maximum Gasteiger partial charge on any atom is 0.553 e. The molecule has 4 aromatic rings. The van der Waals surface area contributed by atoms with E-state index in [0.717, 1.165) is 33.6 Å². The molecule has 5 heteroatoms. The summed E-state index contributed by atoms with van der Waals surface area (Å²) in [5.74, 6) is -0.674. The van der Waals surface area contributed by atoms with E-state index >= 15 is 0 Å². The molecule has 2 aromatic carbocycles. The molecule has 0 bridgehead atoms. The van der Waals surface area contributed by atoms with E-state index in [-0.39, 0.29) is 5.78 Å².